The van der Waals surface area contributed by atoms with Crippen molar-refractivity contribution in [3.8, 4) is 5.75 Å². The van der Waals surface area contributed by atoms with Crippen molar-refractivity contribution >= 4 is 57.9 Å². The van der Waals surface area contributed by atoms with Crippen molar-refractivity contribution in [3.05, 3.63) is 33.7 Å². The Morgan fingerprint density at radius 3 is 2.85 bits per heavy atom. The summed E-state index contributed by atoms with van der Waals surface area (Å²) in [7, 11) is 0. The van der Waals surface area contributed by atoms with Gasteiger partial charge < -0.3 is 10.2 Å². The zero-order chi connectivity index (χ0) is 14.9. The summed E-state index contributed by atoms with van der Waals surface area (Å²) in [5.41, 5.74) is 0.369. The Morgan fingerprint density at radius 1 is 1.50 bits per heavy atom. The van der Waals surface area contributed by atoms with Gasteiger partial charge in [-0.15, -0.1) is 0 Å². The number of thioether (sulfide) groups is 1. The molecule has 0 radical (unpaired) electrons. The Hall–Kier alpha value is -1.57. The smallest absolute Gasteiger partial charge is 0.323 e. The van der Waals surface area contributed by atoms with E-state index in [2.05, 4.69) is 0 Å². The summed E-state index contributed by atoms with van der Waals surface area (Å²) in [6, 6.07) is 4.43. The molecule has 0 atom stereocenters. The van der Waals surface area contributed by atoms with E-state index < -0.39 is 18.4 Å². The minimum absolute atomic E-state index is 0.0297. The molecular weight excluding hydrogens is 322 g/mol. The molecule has 104 valence electrons. The largest absolute Gasteiger partial charge is 0.507 e. The number of nitrogens with zero attached hydrogens (tertiary/aromatic N) is 1. The van der Waals surface area contributed by atoms with Crippen LogP contribution in [0.4, 0.5) is 0 Å². The number of carbonyl (C=O) groups excluding carboxylic acids is 1. The fourth-order valence-electron chi connectivity index (χ4n) is 1.55. The van der Waals surface area contributed by atoms with Crippen molar-refractivity contribution in [3.63, 3.8) is 0 Å². The summed E-state index contributed by atoms with van der Waals surface area (Å²) in [4.78, 5) is 23.9. The number of phenolic OH excluding ortho intramolecular Hbond substituents is 1. The van der Waals surface area contributed by atoms with Crippen molar-refractivity contribution in [1.82, 2.24) is 4.90 Å². The highest BCUT2D eigenvalue weighted by molar-refractivity contribution is 8.26. The number of phenols is 1. The number of hydrogen-bond acceptors (Lipinski definition) is 5. The van der Waals surface area contributed by atoms with Gasteiger partial charge in [0.15, 0.2) is 0 Å². The van der Waals surface area contributed by atoms with Crippen molar-refractivity contribution in [1.29, 1.82) is 0 Å². The summed E-state index contributed by atoms with van der Waals surface area (Å²) in [6.07, 6.45) is 1.43. The molecular formula is C12H8ClNO4S2. The van der Waals surface area contributed by atoms with E-state index in [-0.39, 0.29) is 15.0 Å². The molecule has 0 unspecified atom stereocenters. The molecule has 1 aliphatic heterocycles. The number of aliphatic carboxylic acids is 1. The number of rotatable bonds is 3. The number of halogens is 1. The maximum atomic E-state index is 12.0. The molecule has 8 heteroatoms. The highest BCUT2D eigenvalue weighted by atomic mass is 35.5. The minimum Gasteiger partial charge on any atom is -0.507 e. The number of thiocarbonyl (C=S) groups is 1. The lowest BCUT2D eigenvalue weighted by atomic mass is 10.2. The maximum Gasteiger partial charge on any atom is 0.323 e. The molecule has 1 aliphatic rings. The molecule has 0 aliphatic carbocycles. The molecule has 0 spiro atoms. The quantitative estimate of drug-likeness (QED) is 0.654. The molecule has 1 fully saturated rings. The molecule has 1 saturated heterocycles. The van der Waals surface area contributed by atoms with E-state index in [4.69, 9.17) is 28.9 Å². The Kier molecular flexibility index (Phi) is 4.32. The van der Waals surface area contributed by atoms with E-state index in [0.717, 1.165) is 16.7 Å². The van der Waals surface area contributed by atoms with Gasteiger partial charge >= 0.3 is 5.97 Å². The second-order valence-corrected chi connectivity index (χ2v) is 5.98. The van der Waals surface area contributed by atoms with Gasteiger partial charge in [-0.05, 0) is 24.3 Å². The number of hydrogen-bond donors (Lipinski definition) is 2. The Labute approximate surface area is 128 Å². The maximum absolute atomic E-state index is 12.0. The second-order valence-electron chi connectivity index (χ2n) is 3.86. The first-order chi connectivity index (χ1) is 9.38. The third kappa shape index (κ3) is 3.12. The van der Waals surface area contributed by atoms with Gasteiger partial charge in [-0.2, -0.15) is 0 Å². The van der Waals surface area contributed by atoms with Gasteiger partial charge in [0.2, 0.25) is 0 Å². The summed E-state index contributed by atoms with van der Waals surface area (Å²) in [5.74, 6) is -1.67. The Balaban J connectivity index is 2.32. The molecule has 2 rings (SSSR count). The van der Waals surface area contributed by atoms with Gasteiger partial charge in [0.1, 0.15) is 16.6 Å². The third-order valence-electron chi connectivity index (χ3n) is 2.44. The standard InChI is InChI=1S/C12H8ClNO4S2/c13-7-1-2-8(15)6(3-7)4-9-11(18)14(5-10(16)17)12(19)20-9/h1-4,15H,5H2,(H,16,17). The van der Waals surface area contributed by atoms with E-state index in [1.807, 2.05) is 0 Å². The molecule has 20 heavy (non-hydrogen) atoms. The fraction of sp³-hybridized carbons (Fsp3) is 0.0833. The van der Waals surface area contributed by atoms with Gasteiger partial charge in [-0.1, -0.05) is 35.6 Å². The number of benzene rings is 1. The molecule has 2 N–H and O–H groups in total. The predicted octanol–water partition coefficient (Wildman–Crippen LogP) is 2.33. The number of amides is 1. The number of carboxylic acid groups (broad SMARTS) is 1. The van der Waals surface area contributed by atoms with Gasteiger partial charge in [0.25, 0.3) is 5.91 Å². The summed E-state index contributed by atoms with van der Waals surface area (Å²) >= 11 is 11.8. The Bertz CT molecular complexity index is 644. The lowest BCUT2D eigenvalue weighted by Gasteiger charge is -2.10. The van der Waals surface area contributed by atoms with Crippen LogP contribution in [-0.2, 0) is 9.59 Å². The number of carbonyl (C=O) groups is 2. The predicted molar refractivity (Wildman–Crippen MR) is 80.6 cm³/mol. The molecule has 1 heterocycles. The normalized spacial score (nSPS) is 17.1. The van der Waals surface area contributed by atoms with Crippen LogP contribution in [0.5, 0.6) is 5.75 Å². The average Bonchev–Trinajstić information content (AvgIpc) is 2.61. The van der Waals surface area contributed by atoms with Crippen LogP contribution in [0.3, 0.4) is 0 Å². The number of aromatic hydroxyl groups is 1. The Morgan fingerprint density at radius 2 is 2.20 bits per heavy atom. The first-order valence-electron chi connectivity index (χ1n) is 5.34. The summed E-state index contributed by atoms with van der Waals surface area (Å²) in [6.45, 7) is -0.483. The fourth-order valence-corrected chi connectivity index (χ4v) is 2.98. The minimum atomic E-state index is -1.15. The van der Waals surface area contributed by atoms with Crippen LogP contribution < -0.4 is 0 Å². The molecule has 0 saturated carbocycles. The third-order valence-corrected chi connectivity index (χ3v) is 4.06. The zero-order valence-electron chi connectivity index (χ0n) is 9.87. The SMILES string of the molecule is O=C(O)CN1C(=O)C(=Cc2cc(Cl)ccc2O)SC1=S. The van der Waals surface area contributed by atoms with Crippen LogP contribution in [-0.4, -0.2) is 37.9 Å². The number of carboxylic acids is 1. The molecule has 1 aromatic rings. The summed E-state index contributed by atoms with van der Waals surface area (Å²) < 4.78 is 0.171. The summed E-state index contributed by atoms with van der Waals surface area (Å²) in [5, 5.41) is 18.8. The van der Waals surface area contributed by atoms with Crippen LogP contribution in [0, 0.1) is 0 Å². The zero-order valence-corrected chi connectivity index (χ0v) is 12.3. The topological polar surface area (TPSA) is 77.8 Å². The van der Waals surface area contributed by atoms with Crippen molar-refractivity contribution in [2.24, 2.45) is 0 Å². The first kappa shape index (κ1) is 14.8. The monoisotopic (exact) mass is 329 g/mol. The highest BCUT2D eigenvalue weighted by Gasteiger charge is 2.33. The van der Waals surface area contributed by atoms with Gasteiger partial charge in [0.05, 0.1) is 4.91 Å². The first-order valence-corrected chi connectivity index (χ1v) is 6.94. The van der Waals surface area contributed by atoms with Crippen LogP contribution in [0.1, 0.15) is 5.56 Å². The van der Waals surface area contributed by atoms with Crippen LogP contribution in [0.25, 0.3) is 6.08 Å². The molecule has 0 aromatic heterocycles. The molecule has 5 nitrogen and oxygen atoms in total. The van der Waals surface area contributed by atoms with Gasteiger partial charge in [-0.3, -0.25) is 14.5 Å². The lowest BCUT2D eigenvalue weighted by Crippen LogP contribution is -2.33. The van der Waals surface area contributed by atoms with E-state index in [9.17, 15) is 14.7 Å². The van der Waals surface area contributed by atoms with Crippen molar-refractivity contribution in [2.45, 2.75) is 0 Å². The highest BCUT2D eigenvalue weighted by Crippen LogP contribution is 2.34. The van der Waals surface area contributed by atoms with E-state index in [0.29, 0.717) is 10.6 Å². The van der Waals surface area contributed by atoms with Crippen LogP contribution >= 0.6 is 35.6 Å². The van der Waals surface area contributed by atoms with Crippen LogP contribution in [0.15, 0.2) is 23.1 Å². The molecule has 0 bridgehead atoms. The lowest BCUT2D eigenvalue weighted by molar-refractivity contribution is -0.140. The van der Waals surface area contributed by atoms with Crippen LogP contribution in [0.2, 0.25) is 5.02 Å². The van der Waals surface area contributed by atoms with E-state index in [1.54, 1.807) is 0 Å². The van der Waals surface area contributed by atoms with E-state index in [1.165, 1.54) is 24.3 Å². The van der Waals surface area contributed by atoms with Gasteiger partial charge in [-0.25, -0.2) is 0 Å². The average molecular weight is 330 g/mol. The second kappa shape index (κ2) is 5.82. The van der Waals surface area contributed by atoms with Crippen molar-refractivity contribution in [2.75, 3.05) is 6.54 Å². The van der Waals surface area contributed by atoms with Gasteiger partial charge in [0, 0.05) is 10.6 Å². The van der Waals surface area contributed by atoms with E-state index >= 15 is 0 Å². The van der Waals surface area contributed by atoms with Crippen molar-refractivity contribution < 1.29 is 19.8 Å². The molecule has 1 amide bonds. The molecule has 1 aromatic carbocycles.